The molecule has 0 aromatic heterocycles. The van der Waals surface area contributed by atoms with Crippen LogP contribution in [-0.4, -0.2) is 27.0 Å². The van der Waals surface area contributed by atoms with Crippen molar-refractivity contribution in [1.82, 2.24) is 0 Å². The fraction of sp³-hybridized carbons (Fsp3) is 0.333. The minimum Gasteiger partial charge on any atom is -0.486 e. The molecule has 0 aromatic carbocycles. The summed E-state index contributed by atoms with van der Waals surface area (Å²) in [7, 11) is 2.99. The van der Waals surface area contributed by atoms with Crippen LogP contribution in [0.1, 0.15) is 0 Å². The average molecular weight is 142 g/mol. The van der Waals surface area contributed by atoms with Crippen LogP contribution < -0.4 is 0 Å². The average Bonchev–Trinajstić information content (AvgIpc) is 1.98. The summed E-state index contributed by atoms with van der Waals surface area (Å²) >= 11 is 0. The number of aliphatic imine (C=N–C) groups is 2. The van der Waals surface area contributed by atoms with E-state index >= 15 is 0 Å². The lowest BCUT2D eigenvalue weighted by Gasteiger charge is -1.91. The molecule has 0 amide bonds. The third-order valence-electron chi connectivity index (χ3n) is 0.670. The van der Waals surface area contributed by atoms with Crippen LogP contribution in [-0.2, 0) is 9.47 Å². The molecule has 0 heterocycles. The Bertz CT molecular complexity index is 152. The molecule has 0 atom stereocenters. The summed E-state index contributed by atoms with van der Waals surface area (Å²) < 4.78 is 9.13. The topological polar surface area (TPSA) is 43.2 Å². The van der Waals surface area contributed by atoms with Gasteiger partial charge in [-0.1, -0.05) is 0 Å². The molecule has 0 fully saturated rings. The Labute approximate surface area is 59.9 Å². The second-order valence-electron chi connectivity index (χ2n) is 1.33. The highest BCUT2D eigenvalue weighted by Crippen LogP contribution is 1.88. The smallest absolute Gasteiger partial charge is 0.206 e. The molecule has 0 saturated carbocycles. The van der Waals surface area contributed by atoms with Gasteiger partial charge in [-0.2, -0.15) is 0 Å². The molecule has 0 bridgehead atoms. The van der Waals surface area contributed by atoms with Crippen molar-refractivity contribution >= 4 is 12.7 Å². The van der Waals surface area contributed by atoms with Gasteiger partial charge in [0.2, 0.25) is 5.88 Å². The Morgan fingerprint density at radius 2 is 2.20 bits per heavy atom. The van der Waals surface area contributed by atoms with Crippen LogP contribution in [0.2, 0.25) is 0 Å². The fourth-order valence-electron chi connectivity index (χ4n) is 0.239. The lowest BCUT2D eigenvalue weighted by atomic mass is 10.9. The van der Waals surface area contributed by atoms with E-state index in [9.17, 15) is 0 Å². The molecule has 0 aliphatic heterocycles. The number of hydrogen-bond donors (Lipinski definition) is 0. The Kier molecular flexibility index (Phi) is 5.04. The van der Waals surface area contributed by atoms with E-state index in [0.29, 0.717) is 5.88 Å². The maximum atomic E-state index is 4.62. The van der Waals surface area contributed by atoms with Crippen LogP contribution in [0.3, 0.4) is 0 Å². The van der Waals surface area contributed by atoms with E-state index in [2.05, 4.69) is 26.0 Å². The third-order valence-corrected chi connectivity index (χ3v) is 0.670. The number of hydrogen-bond acceptors (Lipinski definition) is 3. The standard InChI is InChI=1S/C6H10N2O2/c1-6(10-3)8-4-7-5-9-2/h4-5H,1H2,2-3H3/b7-5+,8-4-. The van der Waals surface area contributed by atoms with Gasteiger partial charge in [-0.25, -0.2) is 9.98 Å². The first-order valence-electron chi connectivity index (χ1n) is 2.61. The quantitative estimate of drug-likeness (QED) is 0.331. The van der Waals surface area contributed by atoms with Gasteiger partial charge >= 0.3 is 0 Å². The number of methoxy groups -OCH3 is 2. The van der Waals surface area contributed by atoms with Crippen molar-refractivity contribution in [2.75, 3.05) is 14.2 Å². The lowest BCUT2D eigenvalue weighted by molar-refractivity contribution is 0.291. The van der Waals surface area contributed by atoms with Gasteiger partial charge in [0.25, 0.3) is 0 Å². The Hall–Kier alpha value is -1.32. The highest BCUT2D eigenvalue weighted by atomic mass is 16.5. The third kappa shape index (κ3) is 4.83. The number of nitrogens with zero attached hydrogens (tertiary/aromatic N) is 2. The summed E-state index contributed by atoms with van der Waals surface area (Å²) in [6, 6.07) is 0. The second kappa shape index (κ2) is 5.81. The zero-order valence-electron chi connectivity index (χ0n) is 6.07. The summed E-state index contributed by atoms with van der Waals surface area (Å²) in [5, 5.41) is 0. The molecule has 10 heavy (non-hydrogen) atoms. The Morgan fingerprint density at radius 3 is 2.70 bits per heavy atom. The minimum absolute atomic E-state index is 0.313. The first-order valence-corrected chi connectivity index (χ1v) is 2.61. The maximum absolute atomic E-state index is 4.62. The summed E-state index contributed by atoms with van der Waals surface area (Å²) in [5.41, 5.74) is 0. The molecule has 0 rings (SSSR count). The molecule has 0 spiro atoms. The molecule has 4 heteroatoms. The monoisotopic (exact) mass is 142 g/mol. The zero-order valence-corrected chi connectivity index (χ0v) is 6.07. The normalized spacial score (nSPS) is 10.6. The van der Waals surface area contributed by atoms with Crippen LogP contribution >= 0.6 is 0 Å². The van der Waals surface area contributed by atoms with Crippen LogP contribution in [0.25, 0.3) is 0 Å². The first kappa shape index (κ1) is 8.68. The maximum Gasteiger partial charge on any atom is 0.206 e. The van der Waals surface area contributed by atoms with E-state index in [1.807, 2.05) is 0 Å². The van der Waals surface area contributed by atoms with Crippen molar-refractivity contribution in [3.8, 4) is 0 Å². The van der Waals surface area contributed by atoms with E-state index in [-0.39, 0.29) is 0 Å². The van der Waals surface area contributed by atoms with Gasteiger partial charge in [-0.05, 0) is 6.58 Å². The summed E-state index contributed by atoms with van der Waals surface area (Å²) in [5.74, 6) is 0.313. The molecule has 0 radical (unpaired) electrons. The van der Waals surface area contributed by atoms with Crippen molar-refractivity contribution < 1.29 is 9.47 Å². The molecule has 0 saturated heterocycles. The van der Waals surface area contributed by atoms with Crippen LogP contribution in [0.4, 0.5) is 0 Å². The van der Waals surface area contributed by atoms with Crippen molar-refractivity contribution in [3.05, 3.63) is 12.5 Å². The largest absolute Gasteiger partial charge is 0.486 e. The highest BCUT2D eigenvalue weighted by molar-refractivity contribution is 5.68. The predicted octanol–water partition coefficient (Wildman–Crippen LogP) is 0.807. The lowest BCUT2D eigenvalue weighted by Crippen LogP contribution is -1.80. The molecule has 0 unspecified atom stereocenters. The van der Waals surface area contributed by atoms with Crippen molar-refractivity contribution in [2.24, 2.45) is 9.98 Å². The summed E-state index contributed by atoms with van der Waals surface area (Å²) in [6.45, 7) is 3.44. The molecular formula is C6H10N2O2. The fourth-order valence-corrected chi connectivity index (χ4v) is 0.239. The predicted molar refractivity (Wildman–Crippen MR) is 40.1 cm³/mol. The van der Waals surface area contributed by atoms with Crippen LogP contribution in [0.5, 0.6) is 0 Å². The number of ether oxygens (including phenoxy) is 2. The number of rotatable bonds is 4. The van der Waals surface area contributed by atoms with E-state index in [1.54, 1.807) is 0 Å². The van der Waals surface area contributed by atoms with Gasteiger partial charge in [-0.3, -0.25) is 0 Å². The Balaban J connectivity index is 3.55. The van der Waals surface area contributed by atoms with E-state index in [1.165, 1.54) is 27.0 Å². The molecule has 0 aromatic rings. The second-order valence-corrected chi connectivity index (χ2v) is 1.33. The van der Waals surface area contributed by atoms with Crippen molar-refractivity contribution in [2.45, 2.75) is 0 Å². The molecule has 4 nitrogen and oxygen atoms in total. The molecular weight excluding hydrogens is 132 g/mol. The first-order chi connectivity index (χ1) is 4.81. The molecule has 0 aliphatic carbocycles. The van der Waals surface area contributed by atoms with Crippen LogP contribution in [0, 0.1) is 0 Å². The SMILES string of the molecule is C=C(/N=C\N=C\OC)OC. The molecule has 0 aliphatic rings. The zero-order chi connectivity index (χ0) is 7.82. The summed E-state index contributed by atoms with van der Waals surface area (Å²) in [4.78, 5) is 7.26. The van der Waals surface area contributed by atoms with Crippen molar-refractivity contribution in [1.29, 1.82) is 0 Å². The van der Waals surface area contributed by atoms with Gasteiger partial charge in [0.1, 0.15) is 6.34 Å². The van der Waals surface area contributed by atoms with E-state index in [0.717, 1.165) is 0 Å². The molecule has 0 N–H and O–H groups in total. The van der Waals surface area contributed by atoms with Gasteiger partial charge in [0, 0.05) is 0 Å². The van der Waals surface area contributed by atoms with E-state index in [4.69, 9.17) is 0 Å². The van der Waals surface area contributed by atoms with Gasteiger partial charge in [0.15, 0.2) is 6.40 Å². The van der Waals surface area contributed by atoms with E-state index < -0.39 is 0 Å². The van der Waals surface area contributed by atoms with Gasteiger partial charge in [0.05, 0.1) is 14.2 Å². The van der Waals surface area contributed by atoms with Gasteiger partial charge < -0.3 is 9.47 Å². The molecule has 56 valence electrons. The minimum atomic E-state index is 0.313. The van der Waals surface area contributed by atoms with Crippen molar-refractivity contribution in [3.63, 3.8) is 0 Å². The summed E-state index contributed by atoms with van der Waals surface area (Å²) in [6.07, 6.45) is 2.54. The van der Waals surface area contributed by atoms with Gasteiger partial charge in [-0.15, -0.1) is 0 Å². The highest BCUT2D eigenvalue weighted by Gasteiger charge is 1.78. The Morgan fingerprint density at radius 1 is 1.50 bits per heavy atom. The van der Waals surface area contributed by atoms with Crippen LogP contribution in [0.15, 0.2) is 22.4 Å².